The van der Waals surface area contributed by atoms with Crippen LogP contribution in [0.3, 0.4) is 0 Å². The topological polar surface area (TPSA) is 126 Å². The van der Waals surface area contributed by atoms with Crippen molar-refractivity contribution in [3.05, 3.63) is 0 Å². The van der Waals surface area contributed by atoms with Crippen LogP contribution in [0.15, 0.2) is 0 Å². The molecule has 0 unspecified atom stereocenters. The molecule has 0 aromatic carbocycles. The zero-order valence-electron chi connectivity index (χ0n) is 4.80. The minimum absolute atomic E-state index is 0. The molecule has 6 nitrogen and oxygen atoms in total. The van der Waals surface area contributed by atoms with Gasteiger partial charge in [-0.3, -0.25) is 0 Å². The Morgan fingerprint density at radius 3 is 1.18 bits per heavy atom. The third kappa shape index (κ3) is 5.67. The molecule has 0 amide bonds. The fourth-order valence-electron chi connectivity index (χ4n) is 0.173. The van der Waals surface area contributed by atoms with Crippen molar-refractivity contribution in [2.75, 3.05) is 0 Å². The second-order valence-electron chi connectivity index (χ2n) is 1.39. The quantitative estimate of drug-likeness (QED) is 0.404. The van der Waals surface area contributed by atoms with E-state index in [1.54, 1.807) is 0 Å². The first-order chi connectivity index (χ1) is 4.15. The summed E-state index contributed by atoms with van der Waals surface area (Å²) in [6.07, 6.45) is 0. The molecule has 11 heavy (non-hydrogen) atoms. The Morgan fingerprint density at radius 1 is 1.00 bits per heavy atom. The van der Waals surface area contributed by atoms with Crippen molar-refractivity contribution in [1.29, 1.82) is 0 Å². The standard InChI is InChI=1S/CH5ClO6P2.Zr/c2-1(9(3,4)5)10(6,7)8;/h1H,(H2,3,4,5)(H2,6,7,8);/q;+4/p-4. The van der Waals surface area contributed by atoms with Gasteiger partial charge in [-0.25, -0.2) is 0 Å². The van der Waals surface area contributed by atoms with Crippen molar-refractivity contribution in [3.63, 3.8) is 0 Å². The molecule has 0 radical (unpaired) electrons. The van der Waals surface area contributed by atoms with Gasteiger partial charge >= 0.3 is 26.2 Å². The first-order valence-corrected chi connectivity index (χ1v) is 5.49. The van der Waals surface area contributed by atoms with Crippen LogP contribution in [-0.4, -0.2) is 4.86 Å². The molecule has 0 aliphatic rings. The summed E-state index contributed by atoms with van der Waals surface area (Å²) < 4.78 is 19.5. The molecule has 0 N–H and O–H groups in total. The molecule has 0 aromatic heterocycles. The van der Waals surface area contributed by atoms with Gasteiger partial charge < -0.3 is 28.7 Å². The minimum Gasteiger partial charge on any atom is -0.809 e. The second-order valence-corrected chi connectivity index (χ2v) is 6.03. The van der Waals surface area contributed by atoms with Crippen LogP contribution in [0.5, 0.6) is 0 Å². The summed E-state index contributed by atoms with van der Waals surface area (Å²) in [6.45, 7) is 0. The van der Waals surface area contributed by atoms with Crippen LogP contribution >= 0.6 is 26.8 Å². The minimum atomic E-state index is -5.50. The van der Waals surface area contributed by atoms with E-state index < -0.39 is 20.1 Å². The van der Waals surface area contributed by atoms with Crippen molar-refractivity contribution in [2.24, 2.45) is 0 Å². The van der Waals surface area contributed by atoms with E-state index in [2.05, 4.69) is 11.6 Å². The SMILES string of the molecule is O=P([O-])([O-])C(Cl)P(=O)([O-])[O-].[Zr+4]. The zero-order chi connectivity index (χ0) is 8.58. The van der Waals surface area contributed by atoms with Gasteiger partial charge in [0.25, 0.3) is 0 Å². The van der Waals surface area contributed by atoms with Gasteiger partial charge in [-0.1, -0.05) is 0 Å². The van der Waals surface area contributed by atoms with Crippen molar-refractivity contribution >= 4 is 26.8 Å². The van der Waals surface area contributed by atoms with Crippen molar-refractivity contribution in [1.82, 2.24) is 0 Å². The monoisotopic (exact) mass is 296 g/mol. The zero-order valence-corrected chi connectivity index (χ0v) is 9.80. The predicted molar refractivity (Wildman–Crippen MR) is 24.9 cm³/mol. The Labute approximate surface area is 86.4 Å². The average Bonchev–Trinajstić information content (AvgIpc) is 1.59. The molecule has 10 heteroatoms. The van der Waals surface area contributed by atoms with Crippen LogP contribution in [0.2, 0.25) is 0 Å². The van der Waals surface area contributed by atoms with Crippen LogP contribution in [-0.2, 0) is 35.3 Å². The maximum Gasteiger partial charge on any atom is 4.00 e. The van der Waals surface area contributed by atoms with Crippen molar-refractivity contribution in [3.8, 4) is 0 Å². The molecular formula is CHClO6P2Zr. The van der Waals surface area contributed by atoms with Crippen LogP contribution in [0, 0.1) is 0 Å². The third-order valence-corrected chi connectivity index (χ3v) is 4.70. The second kappa shape index (κ2) is 4.64. The maximum absolute atomic E-state index is 9.75. The Morgan fingerprint density at radius 2 is 1.18 bits per heavy atom. The van der Waals surface area contributed by atoms with Gasteiger partial charge in [0.15, 0.2) is 0 Å². The first kappa shape index (κ1) is 15.0. The van der Waals surface area contributed by atoms with Gasteiger partial charge in [0, 0.05) is 0 Å². The molecule has 0 saturated carbocycles. The summed E-state index contributed by atoms with van der Waals surface area (Å²) >= 11 is 4.46. The number of hydrogen-bond donors (Lipinski definition) is 0. The average molecular weight is 298 g/mol. The molecule has 0 aliphatic heterocycles. The Hall–Kier alpha value is 1.47. The molecule has 0 atom stereocenters. The molecule has 0 fully saturated rings. The van der Waals surface area contributed by atoms with Gasteiger partial charge in [0.2, 0.25) is 0 Å². The van der Waals surface area contributed by atoms with Crippen LogP contribution in [0.1, 0.15) is 0 Å². The van der Waals surface area contributed by atoms with Gasteiger partial charge in [-0.2, -0.15) is 0 Å². The largest absolute Gasteiger partial charge is 4.00 e. The molecule has 0 spiro atoms. The predicted octanol–water partition coefficient (Wildman–Crippen LogP) is -2.67. The van der Waals surface area contributed by atoms with E-state index in [9.17, 15) is 28.7 Å². The Kier molecular flexibility index (Phi) is 6.31. The summed E-state index contributed by atoms with van der Waals surface area (Å²) in [4.78, 5) is 36.1. The first-order valence-electron chi connectivity index (χ1n) is 1.83. The Balaban J connectivity index is 0. The number of hydrogen-bond acceptors (Lipinski definition) is 6. The van der Waals surface area contributed by atoms with Gasteiger partial charge in [0.05, 0.1) is 4.86 Å². The molecule has 0 aliphatic carbocycles. The maximum atomic E-state index is 9.75. The fourth-order valence-corrected chi connectivity index (χ4v) is 1.56. The number of rotatable bonds is 2. The molecule has 0 saturated heterocycles. The third-order valence-electron chi connectivity index (χ3n) is 0.522. The van der Waals surface area contributed by atoms with E-state index in [0.29, 0.717) is 0 Å². The molecule has 62 valence electrons. The van der Waals surface area contributed by atoms with E-state index >= 15 is 0 Å². The van der Waals surface area contributed by atoms with Crippen molar-refractivity contribution in [2.45, 2.75) is 4.86 Å². The summed E-state index contributed by atoms with van der Waals surface area (Å²) in [7, 11) is -11.0. The van der Waals surface area contributed by atoms with Crippen molar-refractivity contribution < 1.29 is 54.9 Å². The van der Waals surface area contributed by atoms with E-state index in [1.807, 2.05) is 0 Å². The van der Waals surface area contributed by atoms with Gasteiger partial charge in [0.1, 0.15) is 0 Å². The summed E-state index contributed by atoms with van der Waals surface area (Å²) in [5.74, 6) is 0. The van der Waals surface area contributed by atoms with Crippen LogP contribution in [0.25, 0.3) is 0 Å². The van der Waals surface area contributed by atoms with Gasteiger partial charge in [-0.15, -0.1) is 11.6 Å². The Bertz CT molecular complexity index is 183. The molecule has 0 rings (SSSR count). The van der Waals surface area contributed by atoms with Crippen LogP contribution in [0.4, 0.5) is 0 Å². The van der Waals surface area contributed by atoms with E-state index in [0.717, 1.165) is 0 Å². The van der Waals surface area contributed by atoms with E-state index in [4.69, 9.17) is 0 Å². The molecular weight excluding hydrogens is 297 g/mol. The normalized spacial score (nSPS) is 12.9. The fraction of sp³-hybridized carbons (Fsp3) is 1.00. The van der Waals surface area contributed by atoms with Crippen LogP contribution < -0.4 is 19.6 Å². The summed E-state index contributed by atoms with van der Waals surface area (Å²) in [5.41, 5.74) is 0. The molecule has 0 bridgehead atoms. The summed E-state index contributed by atoms with van der Waals surface area (Å²) in [6, 6.07) is 0. The number of halogens is 1. The van der Waals surface area contributed by atoms with Gasteiger partial charge in [-0.05, 0) is 15.2 Å². The molecule has 0 aromatic rings. The smallest absolute Gasteiger partial charge is 0.809 e. The summed E-state index contributed by atoms with van der Waals surface area (Å²) in [5, 5.41) is 0. The number of alkyl halides is 1. The van der Waals surface area contributed by atoms with E-state index in [1.165, 1.54) is 0 Å². The van der Waals surface area contributed by atoms with E-state index in [-0.39, 0.29) is 26.2 Å². The molecule has 0 heterocycles.